The van der Waals surface area contributed by atoms with Gasteiger partial charge in [0.25, 0.3) is 11.5 Å². The highest BCUT2D eigenvalue weighted by Crippen LogP contribution is 2.24. The highest BCUT2D eigenvalue weighted by molar-refractivity contribution is 6.06. The molecule has 0 unspecified atom stereocenters. The lowest BCUT2D eigenvalue weighted by Crippen LogP contribution is -2.28. The largest absolute Gasteiger partial charge is 0.444 e. The summed E-state index contributed by atoms with van der Waals surface area (Å²) >= 11 is 0. The van der Waals surface area contributed by atoms with Gasteiger partial charge in [-0.05, 0) is 69.7 Å². The molecule has 1 aromatic heterocycles. The Balaban J connectivity index is 1.83. The molecule has 0 aliphatic rings. The zero-order chi connectivity index (χ0) is 23.5. The minimum absolute atomic E-state index is 0.0111. The maximum atomic E-state index is 13.8. The van der Waals surface area contributed by atoms with Gasteiger partial charge in [-0.15, -0.1) is 0 Å². The number of hydrogen-bond donors (Lipinski definition) is 3. The van der Waals surface area contributed by atoms with Crippen molar-refractivity contribution in [2.45, 2.75) is 33.3 Å². The molecule has 0 radical (unpaired) electrons. The predicted molar refractivity (Wildman–Crippen MR) is 121 cm³/mol. The molecule has 2 aromatic carbocycles. The fraction of sp³-hybridized carbons (Fsp3) is 0.208. The SMILES string of the molecule is Cc1cccc(-c2ccc(C(=O)Nc3cc(F)ccc3NC(=O)OC(C)(C)C)c(=O)[nH]2)c1. The second-order valence-electron chi connectivity index (χ2n) is 8.26. The first-order valence-electron chi connectivity index (χ1n) is 9.93. The van der Waals surface area contributed by atoms with E-state index < -0.39 is 29.0 Å². The molecule has 3 N–H and O–H groups in total. The van der Waals surface area contributed by atoms with Crippen molar-refractivity contribution in [3.8, 4) is 11.3 Å². The molecule has 0 fully saturated rings. The molecule has 166 valence electrons. The van der Waals surface area contributed by atoms with E-state index in [0.29, 0.717) is 5.69 Å². The number of aryl methyl sites for hydroxylation is 1. The normalized spacial score (nSPS) is 11.0. The van der Waals surface area contributed by atoms with Crippen molar-refractivity contribution in [1.82, 2.24) is 4.98 Å². The number of rotatable bonds is 4. The smallest absolute Gasteiger partial charge is 0.412 e. The highest BCUT2D eigenvalue weighted by Gasteiger charge is 2.19. The molecule has 0 aliphatic carbocycles. The standard InChI is InChI=1S/C24H24FN3O4/c1-14-6-5-7-15(12-14)18-11-9-17(21(29)26-18)22(30)27-20-13-16(25)8-10-19(20)28-23(31)32-24(2,3)4/h5-13H,1-4H3,(H,26,29)(H,27,30)(H,28,31). The number of aromatic nitrogens is 1. The number of amides is 2. The summed E-state index contributed by atoms with van der Waals surface area (Å²) in [5.41, 5.74) is 1.02. The number of nitrogens with one attached hydrogen (secondary N) is 3. The van der Waals surface area contributed by atoms with E-state index in [2.05, 4.69) is 15.6 Å². The summed E-state index contributed by atoms with van der Waals surface area (Å²) in [6.45, 7) is 7.04. The van der Waals surface area contributed by atoms with Crippen LogP contribution < -0.4 is 16.2 Å². The molecule has 2 amide bonds. The molecule has 0 spiro atoms. The minimum atomic E-state index is -0.764. The third-order valence-electron chi connectivity index (χ3n) is 4.35. The van der Waals surface area contributed by atoms with Gasteiger partial charge in [0.2, 0.25) is 0 Å². The number of anilines is 2. The van der Waals surface area contributed by atoms with Crippen LogP contribution in [0.4, 0.5) is 20.6 Å². The maximum Gasteiger partial charge on any atom is 0.412 e. The van der Waals surface area contributed by atoms with Crippen LogP contribution in [0.15, 0.2) is 59.4 Å². The van der Waals surface area contributed by atoms with Crippen molar-refractivity contribution in [3.63, 3.8) is 0 Å². The molecule has 8 heteroatoms. The summed E-state index contributed by atoms with van der Waals surface area (Å²) in [5, 5.41) is 4.95. The number of benzene rings is 2. The molecule has 0 saturated heterocycles. The topological polar surface area (TPSA) is 100 Å². The Kier molecular flexibility index (Phi) is 6.43. The molecule has 3 aromatic rings. The molecule has 1 heterocycles. The number of hydrogen-bond acceptors (Lipinski definition) is 4. The molecule has 3 rings (SSSR count). The Morgan fingerprint density at radius 1 is 0.969 bits per heavy atom. The molecule has 32 heavy (non-hydrogen) atoms. The number of halogens is 1. The van der Waals surface area contributed by atoms with Gasteiger partial charge in [0.05, 0.1) is 11.4 Å². The number of carbonyl (C=O) groups excluding carboxylic acids is 2. The fourth-order valence-corrected chi connectivity index (χ4v) is 2.97. The molecule has 0 atom stereocenters. The average molecular weight is 437 g/mol. The summed E-state index contributed by atoms with van der Waals surface area (Å²) in [7, 11) is 0. The van der Waals surface area contributed by atoms with Gasteiger partial charge in [0, 0.05) is 5.69 Å². The van der Waals surface area contributed by atoms with E-state index in [9.17, 15) is 18.8 Å². The molecule has 0 aliphatic heterocycles. The van der Waals surface area contributed by atoms with E-state index in [1.54, 1.807) is 26.8 Å². The number of H-pyrrole nitrogens is 1. The van der Waals surface area contributed by atoms with Crippen molar-refractivity contribution in [2.75, 3.05) is 10.6 Å². The van der Waals surface area contributed by atoms with Crippen LogP contribution in [0.5, 0.6) is 0 Å². The summed E-state index contributed by atoms with van der Waals surface area (Å²) in [6.07, 6.45) is -0.764. The molecular weight excluding hydrogens is 413 g/mol. The summed E-state index contributed by atoms with van der Waals surface area (Å²) < 4.78 is 19.0. The maximum absolute atomic E-state index is 13.8. The monoisotopic (exact) mass is 437 g/mol. The first kappa shape index (κ1) is 22.7. The lowest BCUT2D eigenvalue weighted by atomic mass is 10.1. The van der Waals surface area contributed by atoms with Gasteiger partial charge < -0.3 is 15.0 Å². The number of pyridine rings is 1. The number of ether oxygens (including phenoxy) is 1. The van der Waals surface area contributed by atoms with E-state index in [1.807, 2.05) is 31.2 Å². The van der Waals surface area contributed by atoms with Gasteiger partial charge in [0.1, 0.15) is 17.0 Å². The van der Waals surface area contributed by atoms with E-state index in [0.717, 1.165) is 23.3 Å². The van der Waals surface area contributed by atoms with Gasteiger partial charge in [-0.2, -0.15) is 0 Å². The predicted octanol–water partition coefficient (Wildman–Crippen LogP) is 5.09. The first-order valence-corrected chi connectivity index (χ1v) is 9.93. The number of aromatic amines is 1. The molecular formula is C24H24FN3O4. The molecule has 0 saturated carbocycles. The Hall–Kier alpha value is -3.94. The fourth-order valence-electron chi connectivity index (χ4n) is 2.97. The van der Waals surface area contributed by atoms with Crippen LogP contribution in [0.2, 0.25) is 0 Å². The van der Waals surface area contributed by atoms with E-state index in [1.165, 1.54) is 12.1 Å². The van der Waals surface area contributed by atoms with Crippen molar-refractivity contribution < 1.29 is 18.7 Å². The Labute approximate surface area is 184 Å². The van der Waals surface area contributed by atoms with Crippen LogP contribution in [0.1, 0.15) is 36.7 Å². The van der Waals surface area contributed by atoms with Crippen molar-refractivity contribution in [1.29, 1.82) is 0 Å². The highest BCUT2D eigenvalue weighted by atomic mass is 19.1. The van der Waals surface area contributed by atoms with Gasteiger partial charge in [-0.3, -0.25) is 14.9 Å². The van der Waals surface area contributed by atoms with E-state index >= 15 is 0 Å². The van der Waals surface area contributed by atoms with Crippen LogP contribution in [0.25, 0.3) is 11.3 Å². The van der Waals surface area contributed by atoms with Gasteiger partial charge in [0.15, 0.2) is 0 Å². The minimum Gasteiger partial charge on any atom is -0.444 e. The van der Waals surface area contributed by atoms with Gasteiger partial charge >= 0.3 is 6.09 Å². The van der Waals surface area contributed by atoms with Crippen LogP contribution in [0, 0.1) is 12.7 Å². The van der Waals surface area contributed by atoms with E-state index in [4.69, 9.17) is 4.74 Å². The third-order valence-corrected chi connectivity index (χ3v) is 4.35. The van der Waals surface area contributed by atoms with Crippen molar-refractivity contribution >= 4 is 23.4 Å². The lowest BCUT2D eigenvalue weighted by molar-refractivity contribution is 0.0635. The second-order valence-corrected chi connectivity index (χ2v) is 8.26. The average Bonchev–Trinajstić information content (AvgIpc) is 2.68. The summed E-state index contributed by atoms with van der Waals surface area (Å²) in [6, 6.07) is 14.0. The summed E-state index contributed by atoms with van der Waals surface area (Å²) in [5.74, 6) is -1.38. The third kappa shape index (κ3) is 5.81. The van der Waals surface area contributed by atoms with Gasteiger partial charge in [-0.1, -0.05) is 23.8 Å². The zero-order valence-electron chi connectivity index (χ0n) is 18.2. The van der Waals surface area contributed by atoms with Crippen LogP contribution in [0.3, 0.4) is 0 Å². The second kappa shape index (κ2) is 9.05. The quantitative estimate of drug-likeness (QED) is 0.529. The van der Waals surface area contributed by atoms with Gasteiger partial charge in [-0.25, -0.2) is 9.18 Å². The summed E-state index contributed by atoms with van der Waals surface area (Å²) in [4.78, 5) is 40.0. The van der Waals surface area contributed by atoms with Crippen LogP contribution in [-0.2, 0) is 4.74 Å². The van der Waals surface area contributed by atoms with E-state index in [-0.39, 0.29) is 16.9 Å². The Morgan fingerprint density at radius 2 is 1.72 bits per heavy atom. The van der Waals surface area contributed by atoms with Crippen LogP contribution in [-0.4, -0.2) is 22.6 Å². The van der Waals surface area contributed by atoms with Crippen LogP contribution >= 0.6 is 0 Å². The number of carbonyl (C=O) groups is 2. The lowest BCUT2D eigenvalue weighted by Gasteiger charge is -2.20. The first-order chi connectivity index (χ1) is 15.0. The Morgan fingerprint density at radius 3 is 2.38 bits per heavy atom. The Bertz CT molecular complexity index is 1230. The molecule has 7 nitrogen and oxygen atoms in total. The molecule has 0 bridgehead atoms. The zero-order valence-corrected chi connectivity index (χ0v) is 18.2. The van der Waals surface area contributed by atoms with Crippen molar-refractivity contribution in [2.24, 2.45) is 0 Å². The van der Waals surface area contributed by atoms with Crippen molar-refractivity contribution in [3.05, 3.63) is 81.9 Å².